The summed E-state index contributed by atoms with van der Waals surface area (Å²) in [5.74, 6) is -0.309. The van der Waals surface area contributed by atoms with Crippen molar-refractivity contribution < 1.29 is 19.1 Å². The maximum atomic E-state index is 12.1. The van der Waals surface area contributed by atoms with Crippen LogP contribution < -0.4 is 5.32 Å². The molecule has 0 aromatic rings. The number of ether oxygens (including phenoxy) is 2. The Bertz CT molecular complexity index is 343. The molecule has 7 heteroatoms. The molecule has 1 N–H and O–H groups in total. The Kier molecular flexibility index (Phi) is 6.38. The lowest BCUT2D eigenvalue weighted by atomic mass is 10.0. The van der Waals surface area contributed by atoms with E-state index in [1.165, 1.54) is 9.80 Å². The minimum Gasteiger partial charge on any atom is -0.383 e. The van der Waals surface area contributed by atoms with Gasteiger partial charge in [-0.3, -0.25) is 9.59 Å². The summed E-state index contributed by atoms with van der Waals surface area (Å²) in [7, 11) is 4.89. The molecule has 0 spiro atoms. The van der Waals surface area contributed by atoms with E-state index in [4.69, 9.17) is 9.47 Å². The molecule has 1 aliphatic heterocycles. The van der Waals surface area contributed by atoms with Crippen molar-refractivity contribution in [1.29, 1.82) is 0 Å². The van der Waals surface area contributed by atoms with Gasteiger partial charge in [-0.25, -0.2) is 0 Å². The van der Waals surface area contributed by atoms with E-state index in [9.17, 15) is 9.59 Å². The Morgan fingerprint density at radius 3 is 2.35 bits per heavy atom. The van der Waals surface area contributed by atoms with Crippen LogP contribution in [0.25, 0.3) is 0 Å². The molecule has 1 saturated heterocycles. The first kappa shape index (κ1) is 16.9. The zero-order valence-electron chi connectivity index (χ0n) is 12.8. The minimum atomic E-state index is -0.270. The summed E-state index contributed by atoms with van der Waals surface area (Å²) in [6.45, 7) is 4.26. The highest BCUT2D eigenvalue weighted by molar-refractivity contribution is 5.85. The fourth-order valence-electron chi connectivity index (χ4n) is 1.70. The molecule has 7 nitrogen and oxygen atoms in total. The van der Waals surface area contributed by atoms with Gasteiger partial charge in [0.25, 0.3) is 0 Å². The van der Waals surface area contributed by atoms with Crippen LogP contribution in [-0.4, -0.2) is 87.8 Å². The van der Waals surface area contributed by atoms with Gasteiger partial charge >= 0.3 is 0 Å². The van der Waals surface area contributed by atoms with Crippen molar-refractivity contribution in [3.8, 4) is 0 Å². The molecule has 0 atom stereocenters. The van der Waals surface area contributed by atoms with E-state index in [2.05, 4.69) is 5.32 Å². The van der Waals surface area contributed by atoms with Crippen LogP contribution in [0.3, 0.4) is 0 Å². The van der Waals surface area contributed by atoms with E-state index in [-0.39, 0.29) is 30.6 Å². The van der Waals surface area contributed by atoms with Gasteiger partial charge in [-0.1, -0.05) is 0 Å². The van der Waals surface area contributed by atoms with Gasteiger partial charge in [-0.2, -0.15) is 0 Å². The number of nitrogens with zero attached hydrogens (tertiary/aromatic N) is 2. The predicted molar refractivity (Wildman–Crippen MR) is 74.4 cm³/mol. The third kappa shape index (κ3) is 5.07. The van der Waals surface area contributed by atoms with Crippen LogP contribution in [0.15, 0.2) is 0 Å². The van der Waals surface area contributed by atoms with Crippen LogP contribution >= 0.6 is 0 Å². The van der Waals surface area contributed by atoms with Crippen LogP contribution in [0, 0.1) is 0 Å². The van der Waals surface area contributed by atoms with Crippen molar-refractivity contribution >= 4 is 11.8 Å². The summed E-state index contributed by atoms with van der Waals surface area (Å²) < 4.78 is 10.6. The summed E-state index contributed by atoms with van der Waals surface area (Å²) in [6, 6.07) is 0. The highest BCUT2D eigenvalue weighted by Gasteiger charge is 2.33. The van der Waals surface area contributed by atoms with Crippen molar-refractivity contribution in [2.45, 2.75) is 12.5 Å². The molecule has 116 valence electrons. The number of carbonyl (C=O) groups is 2. The standard InChI is InChI=1S/C13H25N3O4/c1-13(9-14-10-13)20-8-12(18)16(5-6-19-4)7-11(17)15(2)3/h14H,5-10H2,1-4H3. The predicted octanol–water partition coefficient (Wildman–Crippen LogP) is -1.07. The van der Waals surface area contributed by atoms with Crippen molar-refractivity contribution in [2.75, 3.05) is 60.6 Å². The van der Waals surface area contributed by atoms with Gasteiger partial charge in [0.15, 0.2) is 0 Å². The van der Waals surface area contributed by atoms with Gasteiger partial charge in [0, 0.05) is 40.8 Å². The molecule has 1 rings (SSSR count). The number of rotatable bonds is 8. The smallest absolute Gasteiger partial charge is 0.249 e. The number of nitrogens with one attached hydrogen (secondary N) is 1. The summed E-state index contributed by atoms with van der Waals surface area (Å²) in [5, 5.41) is 3.11. The first-order chi connectivity index (χ1) is 9.38. The molecule has 2 amide bonds. The van der Waals surface area contributed by atoms with Gasteiger partial charge in [0.2, 0.25) is 11.8 Å². The summed E-state index contributed by atoms with van der Waals surface area (Å²) in [5.41, 5.74) is -0.270. The molecule has 1 aliphatic rings. The maximum absolute atomic E-state index is 12.1. The van der Waals surface area contributed by atoms with Crippen molar-refractivity contribution in [3.05, 3.63) is 0 Å². The Morgan fingerprint density at radius 1 is 1.25 bits per heavy atom. The van der Waals surface area contributed by atoms with Gasteiger partial charge in [-0.05, 0) is 6.92 Å². The molecule has 1 heterocycles. The molecule has 20 heavy (non-hydrogen) atoms. The highest BCUT2D eigenvalue weighted by atomic mass is 16.5. The van der Waals surface area contributed by atoms with Crippen molar-refractivity contribution in [1.82, 2.24) is 15.1 Å². The SMILES string of the molecule is COCCN(CC(=O)N(C)C)C(=O)COC1(C)CNC1. The van der Waals surface area contributed by atoms with Crippen LogP contribution in [0.1, 0.15) is 6.92 Å². The lowest BCUT2D eigenvalue weighted by molar-refractivity contribution is -0.150. The van der Waals surface area contributed by atoms with E-state index in [1.54, 1.807) is 21.2 Å². The molecular weight excluding hydrogens is 262 g/mol. The Balaban J connectivity index is 2.47. The number of amides is 2. The van der Waals surface area contributed by atoms with Crippen LogP contribution in [0.4, 0.5) is 0 Å². The average molecular weight is 287 g/mol. The minimum absolute atomic E-state index is 0.0113. The molecule has 0 bridgehead atoms. The maximum Gasteiger partial charge on any atom is 0.249 e. The first-order valence-corrected chi connectivity index (χ1v) is 6.69. The summed E-state index contributed by atoms with van der Waals surface area (Å²) in [4.78, 5) is 26.8. The fraction of sp³-hybridized carbons (Fsp3) is 0.846. The number of methoxy groups -OCH3 is 1. The average Bonchev–Trinajstić information content (AvgIpc) is 2.38. The summed E-state index contributed by atoms with van der Waals surface area (Å²) in [6.07, 6.45) is 0. The molecule has 1 fully saturated rings. The number of carbonyl (C=O) groups excluding carboxylic acids is 2. The lowest BCUT2D eigenvalue weighted by Crippen LogP contribution is -2.60. The van der Waals surface area contributed by atoms with Crippen molar-refractivity contribution in [2.24, 2.45) is 0 Å². The molecule has 0 radical (unpaired) electrons. The zero-order chi connectivity index (χ0) is 15.2. The van der Waals surface area contributed by atoms with E-state index in [1.807, 2.05) is 6.92 Å². The third-order valence-electron chi connectivity index (χ3n) is 3.28. The number of hydrogen-bond donors (Lipinski definition) is 1. The molecule has 0 unspecified atom stereocenters. The summed E-state index contributed by atoms with van der Waals surface area (Å²) >= 11 is 0. The normalized spacial score (nSPS) is 16.4. The number of likely N-dealkylation sites (N-methyl/N-ethyl adjacent to an activating group) is 1. The number of hydrogen-bond acceptors (Lipinski definition) is 5. The third-order valence-corrected chi connectivity index (χ3v) is 3.28. The van der Waals surface area contributed by atoms with Gasteiger partial charge < -0.3 is 24.6 Å². The Labute approximate surface area is 120 Å². The zero-order valence-corrected chi connectivity index (χ0v) is 12.8. The largest absolute Gasteiger partial charge is 0.383 e. The van der Waals surface area contributed by atoms with Gasteiger partial charge in [0.05, 0.1) is 18.8 Å². The Morgan fingerprint density at radius 2 is 1.90 bits per heavy atom. The Hall–Kier alpha value is -1.18. The van der Waals surface area contributed by atoms with Crippen molar-refractivity contribution in [3.63, 3.8) is 0 Å². The second-order valence-electron chi connectivity index (χ2n) is 5.44. The quantitative estimate of drug-likeness (QED) is 0.615. The van der Waals surface area contributed by atoms with E-state index in [0.717, 1.165) is 13.1 Å². The molecule has 0 aromatic heterocycles. The van der Waals surface area contributed by atoms with E-state index in [0.29, 0.717) is 13.2 Å². The van der Waals surface area contributed by atoms with Crippen LogP contribution in [-0.2, 0) is 19.1 Å². The second kappa shape index (κ2) is 7.56. The fourth-order valence-corrected chi connectivity index (χ4v) is 1.70. The van der Waals surface area contributed by atoms with Gasteiger partial charge in [0.1, 0.15) is 6.61 Å². The monoisotopic (exact) mass is 287 g/mol. The van der Waals surface area contributed by atoms with Gasteiger partial charge in [-0.15, -0.1) is 0 Å². The van der Waals surface area contributed by atoms with E-state index < -0.39 is 0 Å². The van der Waals surface area contributed by atoms with Crippen LogP contribution in [0.5, 0.6) is 0 Å². The molecule has 0 aromatic carbocycles. The highest BCUT2D eigenvalue weighted by Crippen LogP contribution is 2.15. The second-order valence-corrected chi connectivity index (χ2v) is 5.44. The molecule has 0 aliphatic carbocycles. The lowest BCUT2D eigenvalue weighted by Gasteiger charge is -2.39. The molecule has 0 saturated carbocycles. The topological polar surface area (TPSA) is 71.1 Å². The first-order valence-electron chi connectivity index (χ1n) is 6.69. The van der Waals surface area contributed by atoms with Crippen LogP contribution in [0.2, 0.25) is 0 Å². The molecular formula is C13H25N3O4. The van der Waals surface area contributed by atoms with E-state index >= 15 is 0 Å².